The van der Waals surface area contributed by atoms with Crippen LogP contribution in [0.25, 0.3) is 0 Å². The van der Waals surface area contributed by atoms with Crippen LogP contribution < -0.4 is 5.32 Å². The van der Waals surface area contributed by atoms with Gasteiger partial charge in [0.05, 0.1) is 6.21 Å². The molecule has 0 fully saturated rings. The van der Waals surface area contributed by atoms with Gasteiger partial charge in [-0.1, -0.05) is 18.2 Å². The summed E-state index contributed by atoms with van der Waals surface area (Å²) < 4.78 is 0. The molecule has 18 heavy (non-hydrogen) atoms. The molecule has 2 aliphatic rings. The van der Waals surface area contributed by atoms with Crippen molar-refractivity contribution in [1.82, 2.24) is 5.32 Å². The zero-order valence-electron chi connectivity index (χ0n) is 9.32. The summed E-state index contributed by atoms with van der Waals surface area (Å²) in [5.41, 5.74) is -0.502. The maximum atomic E-state index is 12.1. The summed E-state index contributed by atoms with van der Waals surface area (Å²) in [7, 11) is 0. The maximum Gasteiger partial charge on any atom is 0.253 e. The van der Waals surface area contributed by atoms with Crippen molar-refractivity contribution in [3.05, 3.63) is 35.9 Å². The van der Waals surface area contributed by atoms with Gasteiger partial charge >= 0.3 is 0 Å². The second-order valence-electron chi connectivity index (χ2n) is 3.81. The second-order valence-corrected chi connectivity index (χ2v) is 3.81. The van der Waals surface area contributed by atoms with Crippen molar-refractivity contribution in [3.63, 3.8) is 0 Å². The minimum absolute atomic E-state index is 0.245. The molecule has 0 radical (unpaired) electrons. The zero-order chi connectivity index (χ0) is 12.4. The van der Waals surface area contributed by atoms with Crippen LogP contribution in [0.1, 0.15) is 10.4 Å². The van der Waals surface area contributed by atoms with Gasteiger partial charge in [0.25, 0.3) is 5.91 Å². The van der Waals surface area contributed by atoms with E-state index in [9.17, 15) is 4.79 Å². The van der Waals surface area contributed by atoms with Gasteiger partial charge in [-0.05, 0) is 12.1 Å². The average molecular weight is 239 g/mol. The molecule has 2 aliphatic heterocycles. The van der Waals surface area contributed by atoms with Gasteiger partial charge < -0.3 is 5.32 Å². The summed E-state index contributed by atoms with van der Waals surface area (Å²) in [5, 5.41) is 2.78. The Labute approximate surface area is 103 Å². The third-order valence-corrected chi connectivity index (χ3v) is 2.63. The number of nitrogens with zero attached hydrogens (tertiary/aromatic N) is 4. The normalized spacial score (nSPS) is 23.7. The molecule has 1 atom stereocenters. The molecule has 2 heterocycles. The number of rotatable bonds is 2. The van der Waals surface area contributed by atoms with Crippen LogP contribution in [0.5, 0.6) is 0 Å². The van der Waals surface area contributed by atoms with Crippen LogP contribution in [0.3, 0.4) is 0 Å². The molecule has 0 spiro atoms. The Bertz CT molecular complexity index is 602. The number of benzene rings is 1. The highest BCUT2D eigenvalue weighted by atomic mass is 16.2. The molecular formula is C12H9N5O. The quantitative estimate of drug-likeness (QED) is 0.808. The SMILES string of the molecule is O=C(NC12C=NC=NC1=NC=N2)c1ccccc1. The van der Waals surface area contributed by atoms with Gasteiger partial charge in [-0.2, -0.15) is 0 Å². The molecule has 0 bridgehead atoms. The van der Waals surface area contributed by atoms with Gasteiger partial charge in [0.2, 0.25) is 5.66 Å². The molecular weight excluding hydrogens is 230 g/mol. The molecule has 6 heteroatoms. The predicted octanol–water partition coefficient (Wildman–Crippen LogP) is 0.666. The van der Waals surface area contributed by atoms with E-state index in [0.717, 1.165) is 0 Å². The number of carbonyl (C=O) groups excluding carboxylic acids is 1. The van der Waals surface area contributed by atoms with Gasteiger partial charge in [0.15, 0.2) is 5.84 Å². The molecule has 0 saturated carbocycles. The van der Waals surface area contributed by atoms with Crippen LogP contribution in [-0.4, -0.2) is 36.3 Å². The van der Waals surface area contributed by atoms with E-state index >= 15 is 0 Å². The second kappa shape index (κ2) is 3.99. The average Bonchev–Trinajstić information content (AvgIpc) is 2.83. The first-order valence-corrected chi connectivity index (χ1v) is 5.37. The number of amidine groups is 1. The highest BCUT2D eigenvalue weighted by Gasteiger charge is 2.39. The lowest BCUT2D eigenvalue weighted by molar-refractivity contribution is 0.0940. The van der Waals surface area contributed by atoms with E-state index in [1.54, 1.807) is 24.3 Å². The van der Waals surface area contributed by atoms with Crippen LogP contribution >= 0.6 is 0 Å². The van der Waals surface area contributed by atoms with Crippen LogP contribution in [0, 0.1) is 0 Å². The first kappa shape index (κ1) is 10.5. The van der Waals surface area contributed by atoms with Crippen LogP contribution in [-0.2, 0) is 0 Å². The van der Waals surface area contributed by atoms with Crippen molar-refractivity contribution < 1.29 is 4.79 Å². The smallest absolute Gasteiger partial charge is 0.253 e. The van der Waals surface area contributed by atoms with Crippen molar-refractivity contribution in [2.75, 3.05) is 0 Å². The number of amides is 1. The molecule has 1 aromatic carbocycles. The fourth-order valence-electron chi connectivity index (χ4n) is 1.74. The van der Waals surface area contributed by atoms with Crippen LogP contribution in [0.15, 0.2) is 50.3 Å². The fourth-order valence-corrected chi connectivity index (χ4v) is 1.74. The summed E-state index contributed by atoms with van der Waals surface area (Å²) in [6, 6.07) is 8.90. The Balaban J connectivity index is 1.87. The lowest BCUT2D eigenvalue weighted by atomic mass is 10.1. The Morgan fingerprint density at radius 3 is 2.83 bits per heavy atom. The van der Waals surface area contributed by atoms with Gasteiger partial charge in [-0.15, -0.1) is 0 Å². The van der Waals surface area contributed by atoms with E-state index in [0.29, 0.717) is 11.4 Å². The lowest BCUT2D eigenvalue weighted by Crippen LogP contribution is -2.53. The van der Waals surface area contributed by atoms with Gasteiger partial charge in [0.1, 0.15) is 12.7 Å². The van der Waals surface area contributed by atoms with E-state index in [4.69, 9.17) is 0 Å². The van der Waals surface area contributed by atoms with Gasteiger partial charge in [0, 0.05) is 5.56 Å². The van der Waals surface area contributed by atoms with Crippen molar-refractivity contribution in [1.29, 1.82) is 0 Å². The molecule has 0 aromatic heterocycles. The van der Waals surface area contributed by atoms with Crippen molar-refractivity contribution >= 4 is 30.6 Å². The molecule has 0 aliphatic carbocycles. The van der Waals surface area contributed by atoms with Crippen LogP contribution in [0.2, 0.25) is 0 Å². The molecule has 88 valence electrons. The zero-order valence-corrected chi connectivity index (χ0v) is 9.32. The molecule has 6 nitrogen and oxygen atoms in total. The summed E-state index contributed by atoms with van der Waals surface area (Å²) in [6.45, 7) is 0. The number of hydrogen-bond donors (Lipinski definition) is 1. The topological polar surface area (TPSA) is 78.5 Å². The highest BCUT2D eigenvalue weighted by Crippen LogP contribution is 2.16. The molecule has 1 unspecified atom stereocenters. The monoisotopic (exact) mass is 239 g/mol. The number of fused-ring (bicyclic) bond motifs is 1. The standard InChI is InChI=1S/C12H9N5O/c18-10(9-4-2-1-3-5-9)17-12-6-13-7-14-11(12)15-8-16-12/h1-8H,(H,17,18). The number of nitrogens with one attached hydrogen (secondary N) is 1. The van der Waals surface area contributed by atoms with Gasteiger partial charge in [-0.3, -0.25) is 4.79 Å². The minimum Gasteiger partial charge on any atom is -0.317 e. The number of aliphatic imine (C=N–C) groups is 4. The Morgan fingerprint density at radius 2 is 2.00 bits per heavy atom. The van der Waals surface area contributed by atoms with E-state index < -0.39 is 5.66 Å². The Kier molecular flexibility index (Phi) is 2.33. The summed E-state index contributed by atoms with van der Waals surface area (Å²) in [6.07, 6.45) is 4.26. The predicted molar refractivity (Wildman–Crippen MR) is 69.6 cm³/mol. The first-order valence-electron chi connectivity index (χ1n) is 5.37. The fraction of sp³-hybridized carbons (Fsp3) is 0.0833. The maximum absolute atomic E-state index is 12.1. The largest absolute Gasteiger partial charge is 0.317 e. The third kappa shape index (κ3) is 1.64. The first-order chi connectivity index (χ1) is 8.80. The van der Waals surface area contributed by atoms with Crippen molar-refractivity contribution in [2.45, 2.75) is 5.66 Å². The van der Waals surface area contributed by atoms with Crippen LogP contribution in [0.4, 0.5) is 0 Å². The van der Waals surface area contributed by atoms with E-state index in [2.05, 4.69) is 25.3 Å². The Morgan fingerprint density at radius 1 is 1.17 bits per heavy atom. The minimum atomic E-state index is -1.05. The molecule has 3 rings (SSSR count). The lowest BCUT2D eigenvalue weighted by Gasteiger charge is -2.24. The van der Waals surface area contributed by atoms with E-state index in [-0.39, 0.29) is 5.91 Å². The third-order valence-electron chi connectivity index (χ3n) is 2.63. The number of carbonyl (C=O) groups is 1. The molecule has 0 saturated heterocycles. The Hall–Kier alpha value is -2.63. The van der Waals surface area contributed by atoms with Gasteiger partial charge in [-0.25, -0.2) is 20.0 Å². The van der Waals surface area contributed by atoms with E-state index in [1.165, 1.54) is 18.9 Å². The number of hydrogen-bond acceptors (Lipinski definition) is 5. The summed E-state index contributed by atoms with van der Waals surface area (Å²) in [4.78, 5) is 28.1. The van der Waals surface area contributed by atoms with E-state index in [1.807, 2.05) is 6.07 Å². The molecule has 1 amide bonds. The summed E-state index contributed by atoms with van der Waals surface area (Å²) in [5.74, 6) is 0.174. The molecule has 1 N–H and O–H groups in total. The molecule has 1 aromatic rings. The van der Waals surface area contributed by atoms with Crippen molar-refractivity contribution in [3.8, 4) is 0 Å². The van der Waals surface area contributed by atoms with Crippen molar-refractivity contribution in [2.24, 2.45) is 20.0 Å². The highest BCUT2D eigenvalue weighted by molar-refractivity contribution is 6.19. The summed E-state index contributed by atoms with van der Waals surface area (Å²) >= 11 is 0.